The number of anilines is 1. The smallest absolute Gasteiger partial charge is 0.406 e. The van der Waals surface area contributed by atoms with Crippen molar-refractivity contribution in [2.24, 2.45) is 0 Å². The summed E-state index contributed by atoms with van der Waals surface area (Å²) in [5.74, 6) is -0.597. The maximum absolute atomic E-state index is 12.3. The number of benzene rings is 2. The first-order valence-corrected chi connectivity index (χ1v) is 8.01. The quantitative estimate of drug-likeness (QED) is 0.911. The van der Waals surface area contributed by atoms with E-state index in [2.05, 4.69) is 9.46 Å². The molecule has 1 N–H and O–H groups in total. The number of aryl methyl sites for hydroxylation is 2. The van der Waals surface area contributed by atoms with Gasteiger partial charge in [-0.25, -0.2) is 8.42 Å². The molecule has 0 fully saturated rings. The van der Waals surface area contributed by atoms with Crippen molar-refractivity contribution in [3.8, 4) is 5.75 Å². The molecule has 0 heterocycles. The summed E-state index contributed by atoms with van der Waals surface area (Å²) in [4.78, 5) is -0.322. The molecule has 0 saturated heterocycles. The predicted octanol–water partition coefficient (Wildman–Crippen LogP) is 4.00. The van der Waals surface area contributed by atoms with E-state index in [4.69, 9.17) is 0 Å². The van der Waals surface area contributed by atoms with Gasteiger partial charge in [0.1, 0.15) is 5.75 Å². The van der Waals surface area contributed by atoms with Crippen LogP contribution in [-0.4, -0.2) is 14.8 Å². The minimum Gasteiger partial charge on any atom is -0.406 e. The van der Waals surface area contributed by atoms with Crippen LogP contribution >= 0.6 is 0 Å². The Morgan fingerprint density at radius 1 is 1.00 bits per heavy atom. The number of nitrogens with one attached hydrogen (secondary N) is 1. The second-order valence-electron chi connectivity index (χ2n) is 4.93. The van der Waals surface area contributed by atoms with E-state index in [-0.39, 0.29) is 4.90 Å². The largest absolute Gasteiger partial charge is 0.573 e. The molecular weight excluding hydrogens is 331 g/mol. The fraction of sp³-hybridized carbons (Fsp3) is 0.200. The molecule has 0 atom stereocenters. The molecule has 2 aromatic carbocycles. The van der Waals surface area contributed by atoms with Gasteiger partial charge in [-0.1, -0.05) is 12.1 Å². The van der Waals surface area contributed by atoms with Crippen molar-refractivity contribution >= 4 is 15.7 Å². The molecule has 0 aromatic heterocycles. The second kappa shape index (κ2) is 6.11. The van der Waals surface area contributed by atoms with Gasteiger partial charge < -0.3 is 4.74 Å². The summed E-state index contributed by atoms with van der Waals surface area (Å²) in [5.41, 5.74) is 2.21. The minimum atomic E-state index is -4.89. The fourth-order valence-corrected chi connectivity index (χ4v) is 2.94. The first-order valence-electron chi connectivity index (χ1n) is 6.53. The number of hydrogen-bond donors (Lipinski definition) is 1. The highest BCUT2D eigenvalue weighted by Crippen LogP contribution is 2.26. The van der Waals surface area contributed by atoms with Crippen molar-refractivity contribution in [1.82, 2.24) is 0 Å². The number of rotatable bonds is 4. The lowest BCUT2D eigenvalue weighted by Crippen LogP contribution is -2.18. The zero-order valence-corrected chi connectivity index (χ0v) is 13.1. The average molecular weight is 345 g/mol. The zero-order valence-electron chi connectivity index (χ0n) is 12.3. The summed E-state index contributed by atoms with van der Waals surface area (Å²) >= 11 is 0. The molecule has 124 valence electrons. The van der Waals surface area contributed by atoms with Crippen LogP contribution < -0.4 is 9.46 Å². The Kier molecular flexibility index (Phi) is 4.56. The van der Waals surface area contributed by atoms with Gasteiger partial charge in [-0.2, -0.15) is 0 Å². The second-order valence-corrected chi connectivity index (χ2v) is 6.61. The molecular formula is C15H14F3NO3S. The number of alkyl halides is 3. The van der Waals surface area contributed by atoms with E-state index in [9.17, 15) is 21.6 Å². The van der Waals surface area contributed by atoms with Crippen LogP contribution in [0.3, 0.4) is 0 Å². The van der Waals surface area contributed by atoms with Gasteiger partial charge in [0.2, 0.25) is 0 Å². The summed E-state index contributed by atoms with van der Waals surface area (Å²) in [6, 6.07) is 9.18. The molecule has 0 amide bonds. The van der Waals surface area contributed by atoms with Gasteiger partial charge in [-0.3, -0.25) is 4.72 Å². The SMILES string of the molecule is Cc1ccc(NS(=O)(=O)c2cccc(OC(F)(F)F)c2)cc1C. The highest BCUT2D eigenvalue weighted by Gasteiger charge is 2.31. The van der Waals surface area contributed by atoms with E-state index in [0.29, 0.717) is 5.69 Å². The molecule has 0 unspecified atom stereocenters. The van der Waals surface area contributed by atoms with Crippen molar-refractivity contribution in [1.29, 1.82) is 0 Å². The van der Waals surface area contributed by atoms with Crippen LogP contribution in [0.5, 0.6) is 5.75 Å². The maximum atomic E-state index is 12.3. The average Bonchev–Trinajstić information content (AvgIpc) is 2.41. The molecule has 0 aliphatic rings. The van der Waals surface area contributed by atoms with Crippen LogP contribution in [-0.2, 0) is 10.0 Å². The van der Waals surface area contributed by atoms with Crippen LogP contribution in [0.4, 0.5) is 18.9 Å². The Balaban J connectivity index is 2.29. The highest BCUT2D eigenvalue weighted by molar-refractivity contribution is 7.92. The van der Waals surface area contributed by atoms with Crippen molar-refractivity contribution in [3.05, 3.63) is 53.6 Å². The van der Waals surface area contributed by atoms with Crippen LogP contribution in [0.2, 0.25) is 0 Å². The third-order valence-corrected chi connectivity index (χ3v) is 4.49. The van der Waals surface area contributed by atoms with Crippen molar-refractivity contribution in [2.45, 2.75) is 25.1 Å². The lowest BCUT2D eigenvalue weighted by atomic mass is 10.1. The lowest BCUT2D eigenvalue weighted by Gasteiger charge is -2.12. The Morgan fingerprint density at radius 2 is 1.70 bits per heavy atom. The zero-order chi connectivity index (χ0) is 17.3. The number of sulfonamides is 1. The van der Waals surface area contributed by atoms with E-state index in [1.807, 2.05) is 13.8 Å². The van der Waals surface area contributed by atoms with Crippen LogP contribution in [0.25, 0.3) is 0 Å². The third-order valence-electron chi connectivity index (χ3n) is 3.11. The number of ether oxygens (including phenoxy) is 1. The predicted molar refractivity (Wildman–Crippen MR) is 79.8 cm³/mol. The van der Waals surface area contributed by atoms with Crippen LogP contribution in [0.15, 0.2) is 47.4 Å². The molecule has 23 heavy (non-hydrogen) atoms. The summed E-state index contributed by atoms with van der Waals surface area (Å²) in [5, 5.41) is 0. The Bertz CT molecular complexity index is 817. The van der Waals surface area contributed by atoms with E-state index in [1.165, 1.54) is 12.1 Å². The first-order chi connectivity index (χ1) is 10.6. The molecule has 2 rings (SSSR count). The van der Waals surface area contributed by atoms with Crippen LogP contribution in [0, 0.1) is 13.8 Å². The van der Waals surface area contributed by atoms with Gasteiger partial charge in [0.25, 0.3) is 10.0 Å². The monoisotopic (exact) mass is 345 g/mol. The van der Waals surface area contributed by atoms with Gasteiger partial charge in [0.15, 0.2) is 0 Å². The number of halogens is 3. The van der Waals surface area contributed by atoms with Gasteiger partial charge in [0.05, 0.1) is 4.90 Å². The van der Waals surface area contributed by atoms with Crippen molar-refractivity contribution in [3.63, 3.8) is 0 Å². The Morgan fingerprint density at radius 3 is 2.30 bits per heavy atom. The van der Waals surface area contributed by atoms with Gasteiger partial charge in [-0.05, 0) is 49.2 Å². The lowest BCUT2D eigenvalue weighted by molar-refractivity contribution is -0.274. The van der Waals surface area contributed by atoms with Crippen LogP contribution in [0.1, 0.15) is 11.1 Å². The highest BCUT2D eigenvalue weighted by atomic mass is 32.2. The third kappa shape index (κ3) is 4.62. The first kappa shape index (κ1) is 17.1. The van der Waals surface area contributed by atoms with E-state index < -0.39 is 22.1 Å². The topological polar surface area (TPSA) is 55.4 Å². The molecule has 0 bridgehead atoms. The van der Waals surface area contributed by atoms with E-state index in [1.54, 1.807) is 18.2 Å². The Labute approximate surface area is 132 Å². The maximum Gasteiger partial charge on any atom is 0.573 e. The molecule has 4 nitrogen and oxygen atoms in total. The molecule has 0 aliphatic heterocycles. The number of hydrogen-bond acceptors (Lipinski definition) is 3. The van der Waals surface area contributed by atoms with Crippen molar-refractivity contribution < 1.29 is 26.3 Å². The minimum absolute atomic E-state index is 0.322. The van der Waals surface area contributed by atoms with Gasteiger partial charge >= 0.3 is 6.36 Å². The standard InChI is InChI=1S/C15H14F3NO3S/c1-10-6-7-12(8-11(10)2)19-23(20,21)14-5-3-4-13(9-14)22-15(16,17)18/h3-9,19H,1-2H3. The molecule has 0 spiro atoms. The molecule has 0 aliphatic carbocycles. The summed E-state index contributed by atoms with van der Waals surface area (Å²) in [7, 11) is -4.02. The molecule has 0 saturated carbocycles. The normalized spacial score (nSPS) is 12.0. The molecule has 2 aromatic rings. The van der Waals surface area contributed by atoms with Crippen molar-refractivity contribution in [2.75, 3.05) is 4.72 Å². The summed E-state index contributed by atoms with van der Waals surface area (Å²) in [6.45, 7) is 3.70. The fourth-order valence-electron chi connectivity index (χ4n) is 1.86. The van der Waals surface area contributed by atoms with E-state index >= 15 is 0 Å². The molecule has 0 radical (unpaired) electrons. The van der Waals surface area contributed by atoms with Gasteiger partial charge in [-0.15, -0.1) is 13.2 Å². The summed E-state index contributed by atoms with van der Waals surface area (Å²) in [6.07, 6.45) is -4.89. The Hall–Kier alpha value is -2.22. The summed E-state index contributed by atoms with van der Waals surface area (Å²) < 4.78 is 67.2. The van der Waals surface area contributed by atoms with E-state index in [0.717, 1.165) is 23.3 Å². The molecule has 8 heteroatoms. The van der Waals surface area contributed by atoms with Gasteiger partial charge in [0, 0.05) is 11.8 Å².